The lowest BCUT2D eigenvalue weighted by molar-refractivity contribution is -0.130. The summed E-state index contributed by atoms with van der Waals surface area (Å²) in [5, 5.41) is -3.91. The minimum atomic E-state index is -6.01. The Morgan fingerprint density at radius 1 is 1.19 bits per heavy atom. The van der Waals surface area contributed by atoms with Crippen molar-refractivity contribution >= 4 is 32.8 Å². The highest BCUT2D eigenvalue weighted by atomic mass is 32.2. The van der Waals surface area contributed by atoms with Crippen LogP contribution in [0.25, 0.3) is 10.8 Å². The highest BCUT2D eigenvalue weighted by Crippen LogP contribution is 2.31. The van der Waals surface area contributed by atoms with Gasteiger partial charge in [-0.05, 0) is 18.4 Å². The molecule has 0 unspecified atom stereocenters. The van der Waals surface area contributed by atoms with Gasteiger partial charge in [0.1, 0.15) is 5.56 Å². The first kappa shape index (κ1) is 20.5. The molecule has 144 valence electrons. The number of hydrogen-bond acceptors (Lipinski definition) is 7. The summed E-state index contributed by atoms with van der Waals surface area (Å²) in [7, 11) is -6.01. The van der Waals surface area contributed by atoms with Gasteiger partial charge in [-0.15, -0.1) is 0 Å². The van der Waals surface area contributed by atoms with Crippen molar-refractivity contribution in [1.29, 1.82) is 0 Å². The van der Waals surface area contributed by atoms with Crippen LogP contribution in [0.3, 0.4) is 0 Å². The molecule has 0 bridgehead atoms. The highest BCUT2D eigenvalue weighted by molar-refractivity contribution is 7.86. The quantitative estimate of drug-likeness (QED) is 0.318. The van der Waals surface area contributed by atoms with E-state index in [9.17, 15) is 31.3 Å². The van der Waals surface area contributed by atoms with E-state index >= 15 is 0 Å². The van der Waals surface area contributed by atoms with Crippen molar-refractivity contribution in [3.05, 3.63) is 54.1 Å². The fraction of sp³-hybridized carbons (Fsp3) is 0.176. The monoisotopic (exact) mass is 399 g/mol. The standard InChI is InChI=1S/C17H14F2O7S/c1-10(2)15(20)26-14-12-6-4-3-5-11(12)7-8-13(14)16(21)25-9-17(18,19)27(22,23)24/h3-8H,1,9H2,2H3,(H,22,23,24)/p-1. The first-order valence-electron chi connectivity index (χ1n) is 7.34. The average Bonchev–Trinajstić information content (AvgIpc) is 2.58. The summed E-state index contributed by atoms with van der Waals surface area (Å²) >= 11 is 0. The van der Waals surface area contributed by atoms with Gasteiger partial charge < -0.3 is 14.0 Å². The number of esters is 2. The molecule has 0 spiro atoms. The lowest BCUT2D eigenvalue weighted by Gasteiger charge is -2.20. The molecule has 0 aliphatic heterocycles. The highest BCUT2D eigenvalue weighted by Gasteiger charge is 2.39. The Morgan fingerprint density at radius 3 is 2.41 bits per heavy atom. The Morgan fingerprint density at radius 2 is 1.81 bits per heavy atom. The second-order valence-electron chi connectivity index (χ2n) is 5.50. The van der Waals surface area contributed by atoms with Crippen LogP contribution in [0.5, 0.6) is 5.75 Å². The second kappa shape index (κ2) is 7.41. The predicted molar refractivity (Wildman–Crippen MR) is 89.3 cm³/mol. The third-order valence-corrected chi connectivity index (χ3v) is 4.23. The number of rotatable bonds is 6. The molecule has 0 aromatic heterocycles. The fourth-order valence-electron chi connectivity index (χ4n) is 1.99. The van der Waals surface area contributed by atoms with E-state index in [-0.39, 0.29) is 11.3 Å². The Labute approximate surface area is 152 Å². The minimum Gasteiger partial charge on any atom is -0.743 e. The summed E-state index contributed by atoms with van der Waals surface area (Å²) in [6.45, 7) is 2.80. The van der Waals surface area contributed by atoms with E-state index in [4.69, 9.17) is 4.74 Å². The van der Waals surface area contributed by atoms with E-state index in [0.717, 1.165) is 6.07 Å². The van der Waals surface area contributed by atoms with Crippen molar-refractivity contribution in [3.8, 4) is 5.75 Å². The number of benzene rings is 2. The van der Waals surface area contributed by atoms with Gasteiger partial charge >= 0.3 is 17.2 Å². The zero-order valence-corrected chi connectivity index (χ0v) is 14.7. The molecule has 0 radical (unpaired) electrons. The van der Waals surface area contributed by atoms with Gasteiger partial charge in [0.05, 0.1) is 0 Å². The van der Waals surface area contributed by atoms with Crippen molar-refractivity contribution in [1.82, 2.24) is 0 Å². The lowest BCUT2D eigenvalue weighted by atomic mass is 10.1. The number of alkyl halides is 2. The molecule has 0 saturated heterocycles. The molecule has 10 heteroatoms. The molecule has 0 aliphatic rings. The summed E-state index contributed by atoms with van der Waals surface area (Å²) in [4.78, 5) is 24.0. The molecule has 2 aromatic carbocycles. The largest absolute Gasteiger partial charge is 0.743 e. The zero-order valence-electron chi connectivity index (χ0n) is 13.9. The van der Waals surface area contributed by atoms with Crippen molar-refractivity contribution in [2.24, 2.45) is 0 Å². The first-order valence-corrected chi connectivity index (χ1v) is 8.74. The normalized spacial score (nSPS) is 11.9. The zero-order chi connectivity index (χ0) is 20.4. The maximum absolute atomic E-state index is 13.2. The van der Waals surface area contributed by atoms with E-state index in [0.29, 0.717) is 10.8 Å². The van der Waals surface area contributed by atoms with Crippen molar-refractivity contribution in [3.63, 3.8) is 0 Å². The predicted octanol–water partition coefficient (Wildman–Crippen LogP) is 2.62. The minimum absolute atomic E-state index is 0.0197. The average molecular weight is 399 g/mol. The molecule has 0 fully saturated rings. The Balaban J connectivity index is 2.43. The van der Waals surface area contributed by atoms with Crippen LogP contribution in [0, 0.1) is 0 Å². The summed E-state index contributed by atoms with van der Waals surface area (Å²) < 4.78 is 67.3. The van der Waals surface area contributed by atoms with E-state index in [2.05, 4.69) is 11.3 Å². The molecular weight excluding hydrogens is 386 g/mol. The van der Waals surface area contributed by atoms with E-state index in [1.54, 1.807) is 18.2 Å². The number of fused-ring (bicyclic) bond motifs is 1. The van der Waals surface area contributed by atoms with E-state index < -0.39 is 39.5 Å². The molecule has 7 nitrogen and oxygen atoms in total. The SMILES string of the molecule is C=C(C)C(=O)Oc1c(C(=O)OCC(F)(F)S(=O)(=O)[O-])ccc2ccccc12. The molecule has 0 atom stereocenters. The fourth-order valence-corrected chi connectivity index (χ4v) is 2.20. The molecule has 0 saturated carbocycles. The molecular formula is C17H13F2O7S-. The Bertz CT molecular complexity index is 1030. The summed E-state index contributed by atoms with van der Waals surface area (Å²) in [6.07, 6.45) is 0. The summed E-state index contributed by atoms with van der Waals surface area (Å²) in [5.41, 5.74) is -0.381. The number of carbonyl (C=O) groups is 2. The molecule has 2 aromatic rings. The van der Waals surface area contributed by atoms with Crippen LogP contribution < -0.4 is 4.74 Å². The topological polar surface area (TPSA) is 110 Å². The summed E-state index contributed by atoms with van der Waals surface area (Å²) in [6, 6.07) is 9.06. The van der Waals surface area contributed by atoms with Crippen LogP contribution in [0.1, 0.15) is 17.3 Å². The lowest BCUT2D eigenvalue weighted by Crippen LogP contribution is -2.34. The van der Waals surface area contributed by atoms with Gasteiger partial charge in [0.2, 0.25) is 0 Å². The van der Waals surface area contributed by atoms with E-state index in [1.165, 1.54) is 19.1 Å². The van der Waals surface area contributed by atoms with Crippen molar-refractivity contribution in [2.75, 3.05) is 6.61 Å². The number of ether oxygens (including phenoxy) is 2. The van der Waals surface area contributed by atoms with Crippen LogP contribution in [-0.2, 0) is 19.6 Å². The molecule has 0 N–H and O–H groups in total. The Hall–Kier alpha value is -2.85. The molecule has 0 amide bonds. The third kappa shape index (κ3) is 4.47. The molecule has 2 rings (SSSR count). The summed E-state index contributed by atoms with van der Waals surface area (Å²) in [5.74, 6) is -2.53. The van der Waals surface area contributed by atoms with Crippen molar-refractivity contribution in [2.45, 2.75) is 12.2 Å². The van der Waals surface area contributed by atoms with Crippen LogP contribution in [0.2, 0.25) is 0 Å². The van der Waals surface area contributed by atoms with E-state index in [1.807, 2.05) is 0 Å². The van der Waals surface area contributed by atoms with Gasteiger partial charge in [0.15, 0.2) is 22.5 Å². The maximum Gasteiger partial charge on any atom is 0.367 e. The number of halogens is 2. The van der Waals surface area contributed by atoms with Crippen LogP contribution >= 0.6 is 0 Å². The van der Waals surface area contributed by atoms with Gasteiger partial charge in [-0.3, -0.25) is 0 Å². The number of hydrogen-bond donors (Lipinski definition) is 0. The first-order chi connectivity index (χ1) is 12.4. The van der Waals surface area contributed by atoms with Gasteiger partial charge in [0, 0.05) is 11.0 Å². The van der Waals surface area contributed by atoms with Gasteiger partial charge in [-0.25, -0.2) is 18.0 Å². The van der Waals surface area contributed by atoms with Crippen LogP contribution in [0.4, 0.5) is 8.78 Å². The number of carbonyl (C=O) groups excluding carboxylic acids is 2. The molecule has 0 aliphatic carbocycles. The molecule has 27 heavy (non-hydrogen) atoms. The van der Waals surface area contributed by atoms with Gasteiger partial charge in [-0.2, -0.15) is 8.78 Å². The van der Waals surface area contributed by atoms with Crippen molar-refractivity contribution < 1.29 is 40.8 Å². The van der Waals surface area contributed by atoms with Crippen LogP contribution in [-0.4, -0.2) is 36.8 Å². The van der Waals surface area contributed by atoms with Gasteiger partial charge in [0.25, 0.3) is 0 Å². The second-order valence-corrected chi connectivity index (χ2v) is 7.01. The Kier molecular flexibility index (Phi) is 5.62. The van der Waals surface area contributed by atoms with Crippen LogP contribution in [0.15, 0.2) is 48.6 Å². The van der Waals surface area contributed by atoms with Gasteiger partial charge in [-0.1, -0.05) is 36.9 Å². The molecule has 0 heterocycles. The maximum atomic E-state index is 13.2. The smallest absolute Gasteiger partial charge is 0.367 e. The third-order valence-electron chi connectivity index (χ3n) is 3.38.